The third kappa shape index (κ3) is 7.19. The van der Waals surface area contributed by atoms with Crippen LogP contribution in [0.2, 0.25) is 0 Å². The molecule has 0 unspecified atom stereocenters. The normalized spacial score (nSPS) is 19.3. The molecule has 0 amide bonds. The van der Waals surface area contributed by atoms with Gasteiger partial charge in [0, 0.05) is 31.0 Å². The van der Waals surface area contributed by atoms with E-state index in [1.165, 1.54) is 9.87 Å². The van der Waals surface area contributed by atoms with Crippen molar-refractivity contribution in [3.63, 3.8) is 0 Å². The monoisotopic (exact) mass is 501 g/mol. The van der Waals surface area contributed by atoms with E-state index in [2.05, 4.69) is 21.8 Å². The molecule has 190 valence electrons. The quantitative estimate of drug-likeness (QED) is 0.395. The van der Waals surface area contributed by atoms with Crippen LogP contribution in [0.1, 0.15) is 37.7 Å². The van der Waals surface area contributed by atoms with Gasteiger partial charge in [-0.15, -0.1) is 0 Å². The summed E-state index contributed by atoms with van der Waals surface area (Å²) < 4.78 is 41.1. The van der Waals surface area contributed by atoms with E-state index < -0.39 is 22.2 Å². The molecule has 1 atom stereocenters. The minimum atomic E-state index is -3.89. The molecule has 8 nitrogen and oxygen atoms in total. The first kappa shape index (κ1) is 25.5. The van der Waals surface area contributed by atoms with Gasteiger partial charge in [-0.2, -0.15) is 12.7 Å². The molecule has 2 aliphatic heterocycles. The number of hydrogen-bond acceptors (Lipinski definition) is 6. The van der Waals surface area contributed by atoms with Gasteiger partial charge in [-0.1, -0.05) is 30.3 Å². The summed E-state index contributed by atoms with van der Waals surface area (Å²) in [7, 11) is -3.89. The third-order valence-electron chi connectivity index (χ3n) is 6.47. The van der Waals surface area contributed by atoms with E-state index in [9.17, 15) is 13.2 Å². The SMILES string of the molecule is O=C(OCCCCc1ccccc1)[C@@H]1CCCCN1S(=O)(=O)Nc1ccc(N2CCOCC2)cc1. The molecule has 2 heterocycles. The molecule has 1 N–H and O–H groups in total. The van der Waals surface area contributed by atoms with Crippen LogP contribution in [0.15, 0.2) is 54.6 Å². The number of carbonyl (C=O) groups is 1. The molecule has 4 rings (SSSR count). The lowest BCUT2D eigenvalue weighted by Crippen LogP contribution is -2.50. The van der Waals surface area contributed by atoms with Crippen LogP contribution in [-0.4, -0.2) is 64.2 Å². The number of morpholine rings is 1. The van der Waals surface area contributed by atoms with Crippen LogP contribution in [-0.2, 0) is 30.9 Å². The maximum atomic E-state index is 13.2. The van der Waals surface area contributed by atoms with Gasteiger partial charge in [-0.05, 0) is 68.4 Å². The number of aryl methyl sites for hydroxylation is 1. The molecule has 2 fully saturated rings. The number of hydrogen-bond donors (Lipinski definition) is 1. The maximum Gasteiger partial charge on any atom is 0.324 e. The second-order valence-electron chi connectivity index (χ2n) is 8.99. The summed E-state index contributed by atoms with van der Waals surface area (Å²) >= 11 is 0. The minimum absolute atomic E-state index is 0.298. The molecular weight excluding hydrogens is 466 g/mol. The number of rotatable bonds is 10. The number of esters is 1. The lowest BCUT2D eigenvalue weighted by atomic mass is 10.1. The molecule has 2 saturated heterocycles. The number of carbonyl (C=O) groups excluding carboxylic acids is 1. The van der Waals surface area contributed by atoms with Gasteiger partial charge in [0.05, 0.1) is 19.8 Å². The molecule has 0 aromatic heterocycles. The van der Waals surface area contributed by atoms with Crippen molar-refractivity contribution in [2.45, 2.75) is 44.6 Å². The van der Waals surface area contributed by atoms with Crippen molar-refractivity contribution in [3.05, 3.63) is 60.2 Å². The van der Waals surface area contributed by atoms with Crippen molar-refractivity contribution < 1.29 is 22.7 Å². The number of ether oxygens (including phenoxy) is 2. The van der Waals surface area contributed by atoms with Crippen LogP contribution < -0.4 is 9.62 Å². The summed E-state index contributed by atoms with van der Waals surface area (Å²) in [5, 5.41) is 0. The van der Waals surface area contributed by atoms with Gasteiger partial charge in [0.1, 0.15) is 6.04 Å². The second-order valence-corrected chi connectivity index (χ2v) is 10.6. The molecule has 2 aromatic rings. The Kier molecular flexibility index (Phi) is 9.01. The summed E-state index contributed by atoms with van der Waals surface area (Å²) in [4.78, 5) is 15.0. The first-order valence-corrected chi connectivity index (χ1v) is 13.9. The zero-order valence-electron chi connectivity index (χ0n) is 20.1. The Bertz CT molecular complexity index is 1040. The standard InChI is InChI=1S/C26H35N3O5S/c30-26(34-19-7-5-10-22-8-2-1-3-9-22)25-11-4-6-16-29(25)35(31,32)27-23-12-14-24(15-13-23)28-17-20-33-21-18-28/h1-3,8-9,12-15,25,27H,4-7,10-11,16-21H2/t25-/m0/s1. The van der Waals surface area contributed by atoms with Crippen LogP contribution in [0.4, 0.5) is 11.4 Å². The Labute approximate surface area is 208 Å². The van der Waals surface area contributed by atoms with E-state index in [1.807, 2.05) is 30.3 Å². The molecule has 2 aromatic carbocycles. The lowest BCUT2D eigenvalue weighted by molar-refractivity contribution is -0.149. The van der Waals surface area contributed by atoms with Gasteiger partial charge in [0.25, 0.3) is 0 Å². The average Bonchev–Trinajstić information content (AvgIpc) is 2.90. The van der Waals surface area contributed by atoms with Gasteiger partial charge < -0.3 is 14.4 Å². The van der Waals surface area contributed by atoms with Gasteiger partial charge in [0.15, 0.2) is 0 Å². The third-order valence-corrected chi connectivity index (χ3v) is 8.02. The fourth-order valence-electron chi connectivity index (χ4n) is 4.54. The fourth-order valence-corrected chi connectivity index (χ4v) is 5.99. The number of piperidine rings is 1. The van der Waals surface area contributed by atoms with Crippen LogP contribution in [0.25, 0.3) is 0 Å². The zero-order valence-corrected chi connectivity index (χ0v) is 20.9. The van der Waals surface area contributed by atoms with Crippen molar-refractivity contribution in [3.8, 4) is 0 Å². The Morgan fingerprint density at radius 2 is 1.71 bits per heavy atom. The molecule has 0 spiro atoms. The van der Waals surface area contributed by atoms with E-state index in [-0.39, 0.29) is 0 Å². The Morgan fingerprint density at radius 1 is 0.971 bits per heavy atom. The Hall–Kier alpha value is -2.62. The number of nitrogens with one attached hydrogen (secondary N) is 1. The second kappa shape index (κ2) is 12.4. The Morgan fingerprint density at radius 3 is 2.46 bits per heavy atom. The van der Waals surface area contributed by atoms with Crippen molar-refractivity contribution in [2.75, 3.05) is 49.1 Å². The summed E-state index contributed by atoms with van der Waals surface area (Å²) in [5.74, 6) is -0.461. The summed E-state index contributed by atoms with van der Waals surface area (Å²) in [5.41, 5.74) is 2.76. The molecular formula is C26H35N3O5S. The molecule has 2 aliphatic rings. The van der Waals surface area contributed by atoms with Crippen LogP contribution in [0.3, 0.4) is 0 Å². The van der Waals surface area contributed by atoms with E-state index >= 15 is 0 Å². The number of benzene rings is 2. The summed E-state index contributed by atoms with van der Waals surface area (Å²) in [6, 6.07) is 16.7. The zero-order chi connectivity index (χ0) is 24.5. The highest BCUT2D eigenvalue weighted by Gasteiger charge is 2.37. The van der Waals surface area contributed by atoms with Crippen molar-refractivity contribution in [1.29, 1.82) is 0 Å². The smallest absolute Gasteiger partial charge is 0.324 e. The van der Waals surface area contributed by atoms with Gasteiger partial charge in [-0.25, -0.2) is 0 Å². The van der Waals surface area contributed by atoms with Gasteiger partial charge >= 0.3 is 16.2 Å². The fraction of sp³-hybridized carbons (Fsp3) is 0.500. The average molecular weight is 502 g/mol. The van der Waals surface area contributed by atoms with Crippen molar-refractivity contribution >= 4 is 27.6 Å². The van der Waals surface area contributed by atoms with Crippen LogP contribution >= 0.6 is 0 Å². The lowest BCUT2D eigenvalue weighted by Gasteiger charge is -2.33. The topological polar surface area (TPSA) is 88.2 Å². The molecule has 0 aliphatic carbocycles. The number of anilines is 2. The highest BCUT2D eigenvalue weighted by atomic mass is 32.2. The molecule has 9 heteroatoms. The number of nitrogens with zero attached hydrogens (tertiary/aromatic N) is 2. The predicted molar refractivity (Wildman–Crippen MR) is 137 cm³/mol. The summed E-state index contributed by atoms with van der Waals surface area (Å²) in [6.07, 6.45) is 4.57. The van der Waals surface area contributed by atoms with Crippen molar-refractivity contribution in [1.82, 2.24) is 4.31 Å². The highest BCUT2D eigenvalue weighted by molar-refractivity contribution is 7.90. The summed E-state index contributed by atoms with van der Waals surface area (Å²) in [6.45, 7) is 3.60. The van der Waals surface area contributed by atoms with E-state index in [0.29, 0.717) is 38.5 Å². The predicted octanol–water partition coefficient (Wildman–Crippen LogP) is 3.60. The van der Waals surface area contributed by atoms with Crippen LogP contribution in [0, 0.1) is 0 Å². The molecule has 35 heavy (non-hydrogen) atoms. The minimum Gasteiger partial charge on any atom is -0.464 e. The highest BCUT2D eigenvalue weighted by Crippen LogP contribution is 2.25. The molecule has 0 radical (unpaired) electrons. The van der Waals surface area contributed by atoms with E-state index in [1.54, 1.807) is 12.1 Å². The maximum absolute atomic E-state index is 13.2. The first-order chi connectivity index (χ1) is 17.0. The molecule has 0 bridgehead atoms. The van der Waals surface area contributed by atoms with E-state index in [4.69, 9.17) is 9.47 Å². The van der Waals surface area contributed by atoms with Gasteiger partial charge in [-0.3, -0.25) is 9.52 Å². The first-order valence-electron chi connectivity index (χ1n) is 12.5. The largest absolute Gasteiger partial charge is 0.464 e. The van der Waals surface area contributed by atoms with Crippen molar-refractivity contribution in [2.24, 2.45) is 0 Å². The van der Waals surface area contributed by atoms with Crippen LogP contribution in [0.5, 0.6) is 0 Å². The Balaban J connectivity index is 1.29. The number of unbranched alkanes of at least 4 members (excludes halogenated alkanes) is 1. The van der Waals surface area contributed by atoms with E-state index in [0.717, 1.165) is 50.9 Å². The molecule has 0 saturated carbocycles. The van der Waals surface area contributed by atoms with Gasteiger partial charge in [0.2, 0.25) is 0 Å².